The van der Waals surface area contributed by atoms with Crippen LogP contribution in [0.4, 0.5) is 0 Å². The maximum Gasteiger partial charge on any atom is 0.0636 e. The summed E-state index contributed by atoms with van der Waals surface area (Å²) in [6.07, 6.45) is 3.95. The second kappa shape index (κ2) is 8.93. The maximum atomic E-state index is 9.03. The van der Waals surface area contributed by atoms with E-state index < -0.39 is 0 Å². The summed E-state index contributed by atoms with van der Waals surface area (Å²) in [4.78, 5) is 0. The predicted octanol–water partition coefficient (Wildman–Crippen LogP) is 1.26. The van der Waals surface area contributed by atoms with E-state index in [0.29, 0.717) is 6.54 Å². The van der Waals surface area contributed by atoms with Gasteiger partial charge in [-0.05, 0) is 12.5 Å². The van der Waals surface area contributed by atoms with Crippen molar-refractivity contribution in [2.45, 2.75) is 13.0 Å². The SMILES string of the molecule is C[C@H](O)CNCCNC/C=C/c1ccccc1. The Kier molecular flexibility index (Phi) is 7.30. The van der Waals surface area contributed by atoms with E-state index in [-0.39, 0.29) is 6.10 Å². The molecule has 0 heterocycles. The van der Waals surface area contributed by atoms with Gasteiger partial charge in [0.2, 0.25) is 0 Å². The Balaban J connectivity index is 1.99. The van der Waals surface area contributed by atoms with Crippen molar-refractivity contribution in [3.63, 3.8) is 0 Å². The van der Waals surface area contributed by atoms with Crippen LogP contribution in [0.3, 0.4) is 0 Å². The molecular formula is C14H22N2O. The topological polar surface area (TPSA) is 44.3 Å². The van der Waals surface area contributed by atoms with E-state index >= 15 is 0 Å². The molecule has 0 amide bonds. The minimum atomic E-state index is -0.270. The number of benzene rings is 1. The third kappa shape index (κ3) is 7.69. The first-order chi connectivity index (χ1) is 8.29. The van der Waals surface area contributed by atoms with E-state index in [1.807, 2.05) is 18.2 Å². The van der Waals surface area contributed by atoms with Crippen LogP contribution in [0.15, 0.2) is 36.4 Å². The molecule has 1 rings (SSSR count). The first kappa shape index (κ1) is 13.9. The lowest BCUT2D eigenvalue weighted by molar-refractivity contribution is 0.191. The fourth-order valence-electron chi connectivity index (χ4n) is 1.43. The van der Waals surface area contributed by atoms with Gasteiger partial charge in [-0.3, -0.25) is 0 Å². The summed E-state index contributed by atoms with van der Waals surface area (Å²) in [5, 5.41) is 15.5. The predicted molar refractivity (Wildman–Crippen MR) is 72.9 cm³/mol. The molecule has 0 saturated carbocycles. The van der Waals surface area contributed by atoms with Gasteiger partial charge >= 0.3 is 0 Å². The Morgan fingerprint density at radius 2 is 1.88 bits per heavy atom. The van der Waals surface area contributed by atoms with Crippen LogP contribution in [0.1, 0.15) is 12.5 Å². The van der Waals surface area contributed by atoms with Gasteiger partial charge in [0.25, 0.3) is 0 Å². The molecule has 1 aromatic rings. The van der Waals surface area contributed by atoms with E-state index in [4.69, 9.17) is 5.11 Å². The van der Waals surface area contributed by atoms with Crippen molar-refractivity contribution in [2.24, 2.45) is 0 Å². The molecule has 0 aliphatic rings. The summed E-state index contributed by atoms with van der Waals surface area (Å²) in [7, 11) is 0. The second-order valence-corrected chi connectivity index (χ2v) is 4.07. The van der Waals surface area contributed by atoms with Crippen LogP contribution in [0.5, 0.6) is 0 Å². The van der Waals surface area contributed by atoms with Gasteiger partial charge in [-0.2, -0.15) is 0 Å². The van der Waals surface area contributed by atoms with Crippen LogP contribution < -0.4 is 10.6 Å². The first-order valence-electron chi connectivity index (χ1n) is 6.10. The van der Waals surface area contributed by atoms with Gasteiger partial charge in [0.15, 0.2) is 0 Å². The minimum Gasteiger partial charge on any atom is -0.392 e. The summed E-state index contributed by atoms with van der Waals surface area (Å²) in [6, 6.07) is 10.3. The van der Waals surface area contributed by atoms with Gasteiger partial charge in [-0.1, -0.05) is 42.5 Å². The molecule has 0 saturated heterocycles. The molecule has 0 aliphatic carbocycles. The van der Waals surface area contributed by atoms with Crippen LogP contribution in [0, 0.1) is 0 Å². The fraction of sp³-hybridized carbons (Fsp3) is 0.429. The zero-order chi connectivity index (χ0) is 12.3. The molecule has 0 unspecified atom stereocenters. The number of aliphatic hydroxyl groups excluding tert-OH is 1. The molecule has 1 aromatic carbocycles. The van der Waals surface area contributed by atoms with Gasteiger partial charge in [0, 0.05) is 26.2 Å². The number of hydrogen-bond donors (Lipinski definition) is 3. The zero-order valence-corrected chi connectivity index (χ0v) is 10.4. The molecule has 3 heteroatoms. The highest BCUT2D eigenvalue weighted by atomic mass is 16.3. The smallest absolute Gasteiger partial charge is 0.0636 e. The summed E-state index contributed by atoms with van der Waals surface area (Å²) in [6.45, 7) is 5.09. The molecule has 94 valence electrons. The quantitative estimate of drug-likeness (QED) is 0.593. The standard InChI is InChI=1S/C14H22N2O/c1-13(17)12-16-11-10-15-9-5-8-14-6-3-2-4-7-14/h2-8,13,15-17H,9-12H2,1H3/b8-5+/t13-/m0/s1. The highest BCUT2D eigenvalue weighted by Gasteiger charge is 1.92. The van der Waals surface area contributed by atoms with Crippen molar-refractivity contribution in [3.8, 4) is 0 Å². The zero-order valence-electron chi connectivity index (χ0n) is 10.4. The van der Waals surface area contributed by atoms with Gasteiger partial charge in [-0.15, -0.1) is 0 Å². The lowest BCUT2D eigenvalue weighted by Crippen LogP contribution is -2.31. The monoisotopic (exact) mass is 234 g/mol. The second-order valence-electron chi connectivity index (χ2n) is 4.07. The molecule has 0 spiro atoms. The van der Waals surface area contributed by atoms with Gasteiger partial charge < -0.3 is 15.7 Å². The summed E-state index contributed by atoms with van der Waals surface area (Å²) >= 11 is 0. The Hall–Kier alpha value is -1.16. The van der Waals surface area contributed by atoms with Crippen LogP contribution in [0.2, 0.25) is 0 Å². The largest absolute Gasteiger partial charge is 0.392 e. The molecule has 1 atom stereocenters. The van der Waals surface area contributed by atoms with E-state index in [1.54, 1.807) is 6.92 Å². The summed E-state index contributed by atoms with van der Waals surface area (Å²) in [5.74, 6) is 0. The van der Waals surface area contributed by atoms with Crippen LogP contribution in [-0.4, -0.2) is 37.4 Å². The fourth-order valence-corrected chi connectivity index (χ4v) is 1.43. The van der Waals surface area contributed by atoms with Gasteiger partial charge in [-0.25, -0.2) is 0 Å². The lowest BCUT2D eigenvalue weighted by atomic mass is 10.2. The maximum absolute atomic E-state index is 9.03. The number of aliphatic hydroxyl groups is 1. The third-order valence-corrected chi connectivity index (χ3v) is 2.29. The Labute approximate surface area is 104 Å². The van der Waals surface area contributed by atoms with Crippen molar-refractivity contribution < 1.29 is 5.11 Å². The molecular weight excluding hydrogens is 212 g/mol. The number of nitrogens with one attached hydrogen (secondary N) is 2. The van der Waals surface area contributed by atoms with Gasteiger partial charge in [0.1, 0.15) is 0 Å². The normalized spacial score (nSPS) is 13.1. The first-order valence-corrected chi connectivity index (χ1v) is 6.10. The summed E-state index contributed by atoms with van der Waals surface area (Å²) < 4.78 is 0. The molecule has 17 heavy (non-hydrogen) atoms. The average Bonchev–Trinajstić information content (AvgIpc) is 2.33. The van der Waals surface area contributed by atoms with Crippen molar-refractivity contribution in [1.82, 2.24) is 10.6 Å². The Bertz CT molecular complexity index is 309. The summed E-state index contributed by atoms with van der Waals surface area (Å²) in [5.41, 5.74) is 1.22. The Morgan fingerprint density at radius 1 is 1.18 bits per heavy atom. The molecule has 0 aromatic heterocycles. The average molecular weight is 234 g/mol. The van der Waals surface area contributed by atoms with Crippen LogP contribution >= 0.6 is 0 Å². The van der Waals surface area contributed by atoms with Crippen LogP contribution in [0.25, 0.3) is 6.08 Å². The molecule has 3 nitrogen and oxygen atoms in total. The molecule has 0 radical (unpaired) electrons. The number of hydrogen-bond acceptors (Lipinski definition) is 3. The van der Waals surface area contributed by atoms with Gasteiger partial charge in [0.05, 0.1) is 6.10 Å². The molecule has 0 aliphatic heterocycles. The molecule has 0 fully saturated rings. The van der Waals surface area contributed by atoms with E-state index in [0.717, 1.165) is 19.6 Å². The van der Waals surface area contributed by atoms with Crippen LogP contribution in [-0.2, 0) is 0 Å². The highest BCUT2D eigenvalue weighted by Crippen LogP contribution is 1.99. The van der Waals surface area contributed by atoms with Crippen molar-refractivity contribution in [1.29, 1.82) is 0 Å². The van der Waals surface area contributed by atoms with E-state index in [9.17, 15) is 0 Å². The lowest BCUT2D eigenvalue weighted by Gasteiger charge is -2.06. The molecule has 0 bridgehead atoms. The van der Waals surface area contributed by atoms with Crippen molar-refractivity contribution in [2.75, 3.05) is 26.2 Å². The Morgan fingerprint density at radius 3 is 2.59 bits per heavy atom. The van der Waals surface area contributed by atoms with Crippen molar-refractivity contribution >= 4 is 6.08 Å². The molecule has 3 N–H and O–H groups in total. The third-order valence-electron chi connectivity index (χ3n) is 2.29. The number of rotatable bonds is 8. The van der Waals surface area contributed by atoms with E-state index in [2.05, 4.69) is 34.9 Å². The highest BCUT2D eigenvalue weighted by molar-refractivity contribution is 5.48. The minimum absolute atomic E-state index is 0.270. The van der Waals surface area contributed by atoms with E-state index in [1.165, 1.54) is 5.56 Å². The van der Waals surface area contributed by atoms with Crippen molar-refractivity contribution in [3.05, 3.63) is 42.0 Å².